The molecule has 5 nitrogen and oxygen atoms in total. The van der Waals surface area contributed by atoms with Gasteiger partial charge >= 0.3 is 0 Å². The van der Waals surface area contributed by atoms with Gasteiger partial charge in [0, 0.05) is 6.42 Å². The van der Waals surface area contributed by atoms with E-state index in [0.717, 1.165) is 4.90 Å². The van der Waals surface area contributed by atoms with Crippen LogP contribution in [-0.2, 0) is 9.59 Å². The monoisotopic (exact) mass is 190 g/mol. The summed E-state index contributed by atoms with van der Waals surface area (Å²) >= 11 is 0. The van der Waals surface area contributed by atoms with Crippen LogP contribution in [0.1, 0.15) is 6.42 Å². The first kappa shape index (κ1) is 9.91. The first-order chi connectivity index (χ1) is 6.06. The fourth-order valence-electron chi connectivity index (χ4n) is 1.42. The average Bonchev–Trinajstić information content (AvgIpc) is 2.46. The number of carbonyl (C=O) groups excluding carboxylic acids is 2. The molecule has 1 heterocycles. The third-order valence-corrected chi connectivity index (χ3v) is 2.03. The van der Waals surface area contributed by atoms with Crippen LogP contribution in [0.5, 0.6) is 0 Å². The number of rotatable bonds is 2. The number of aliphatic hydroxyl groups excluding tert-OH is 1. The minimum absolute atomic E-state index is 0.0684. The fourth-order valence-corrected chi connectivity index (χ4v) is 1.42. The first-order valence-electron chi connectivity index (χ1n) is 3.90. The Bertz CT molecular complexity index is 234. The zero-order chi connectivity index (χ0) is 10.0. The smallest absolute Gasteiger partial charge is 0.249 e. The van der Waals surface area contributed by atoms with Crippen LogP contribution in [0.3, 0.4) is 0 Å². The number of hydrogen-bond donors (Lipinski definition) is 2. The van der Waals surface area contributed by atoms with Crippen LogP contribution < -0.4 is 5.73 Å². The molecule has 0 bridgehead atoms. The Morgan fingerprint density at radius 3 is 2.69 bits per heavy atom. The van der Waals surface area contributed by atoms with Gasteiger partial charge in [0.15, 0.2) is 0 Å². The van der Waals surface area contributed by atoms with Crippen molar-refractivity contribution in [2.24, 2.45) is 5.73 Å². The van der Waals surface area contributed by atoms with Crippen LogP contribution >= 0.6 is 0 Å². The second kappa shape index (κ2) is 3.69. The molecule has 1 rings (SSSR count). The molecule has 0 radical (unpaired) electrons. The van der Waals surface area contributed by atoms with Crippen LogP contribution in [0.25, 0.3) is 0 Å². The minimum Gasteiger partial charge on any atom is -0.387 e. The molecule has 74 valence electrons. The number of nitrogens with two attached hydrogens (primary N) is 1. The van der Waals surface area contributed by atoms with E-state index in [2.05, 4.69) is 0 Å². The highest BCUT2D eigenvalue weighted by molar-refractivity contribution is 5.87. The molecule has 0 aliphatic carbocycles. The third kappa shape index (κ3) is 1.95. The number of likely N-dealkylation sites (tertiary alicyclic amines) is 1. The summed E-state index contributed by atoms with van der Waals surface area (Å²) in [5.41, 5.74) is 4.96. The van der Waals surface area contributed by atoms with E-state index < -0.39 is 30.6 Å². The molecule has 0 aromatic heterocycles. The highest BCUT2D eigenvalue weighted by Crippen LogP contribution is 2.19. The molecule has 0 unspecified atom stereocenters. The Morgan fingerprint density at radius 1 is 1.62 bits per heavy atom. The molecule has 2 amide bonds. The minimum atomic E-state index is -1.23. The quantitative estimate of drug-likeness (QED) is 0.550. The van der Waals surface area contributed by atoms with E-state index in [9.17, 15) is 14.0 Å². The summed E-state index contributed by atoms with van der Waals surface area (Å²) in [6.07, 6.45) is -1.30. The molecule has 0 aromatic carbocycles. The van der Waals surface area contributed by atoms with Gasteiger partial charge in [0.1, 0.15) is 18.8 Å². The maximum absolute atomic E-state index is 12.8. The van der Waals surface area contributed by atoms with Crippen LogP contribution in [0.2, 0.25) is 0 Å². The molecule has 1 saturated heterocycles. The van der Waals surface area contributed by atoms with Crippen molar-refractivity contribution in [3.8, 4) is 0 Å². The Hall–Kier alpha value is -1.17. The van der Waals surface area contributed by atoms with Crippen molar-refractivity contribution in [3.05, 3.63) is 0 Å². The van der Waals surface area contributed by atoms with E-state index in [1.165, 1.54) is 0 Å². The number of aliphatic hydroxyl groups is 1. The Labute approximate surface area is 74.3 Å². The van der Waals surface area contributed by atoms with Crippen molar-refractivity contribution in [3.63, 3.8) is 0 Å². The standard InChI is InChI=1S/C7H11FN2O3/c8-4-1-5(7(9)13)10(2-4)6(12)3-11/h4-5,11H,1-3H2,(H2,9,13)/t4-,5+/m1/s1. The molecule has 1 fully saturated rings. The van der Waals surface area contributed by atoms with Gasteiger partial charge in [-0.05, 0) is 0 Å². The summed E-state index contributed by atoms with van der Waals surface area (Å²) in [6, 6.07) is -0.908. The van der Waals surface area contributed by atoms with Gasteiger partial charge in [-0.15, -0.1) is 0 Å². The maximum atomic E-state index is 12.8. The zero-order valence-electron chi connectivity index (χ0n) is 6.94. The number of nitrogens with zero attached hydrogens (tertiary/aromatic N) is 1. The molecule has 3 N–H and O–H groups in total. The molecule has 13 heavy (non-hydrogen) atoms. The van der Waals surface area contributed by atoms with Crippen molar-refractivity contribution >= 4 is 11.8 Å². The largest absolute Gasteiger partial charge is 0.387 e. The predicted molar refractivity (Wildman–Crippen MR) is 41.3 cm³/mol. The lowest BCUT2D eigenvalue weighted by Crippen LogP contribution is -2.44. The molecule has 0 aromatic rings. The molecule has 0 spiro atoms. The summed E-state index contributed by atoms with van der Waals surface area (Å²) in [7, 11) is 0. The molecule has 6 heteroatoms. The molecule has 1 aliphatic heterocycles. The number of hydrogen-bond acceptors (Lipinski definition) is 3. The summed E-state index contributed by atoms with van der Waals surface area (Å²) in [4.78, 5) is 22.7. The van der Waals surface area contributed by atoms with E-state index in [4.69, 9.17) is 10.8 Å². The molecule has 2 atom stereocenters. The summed E-state index contributed by atoms with van der Waals surface area (Å²) < 4.78 is 12.8. The van der Waals surface area contributed by atoms with E-state index in [1.54, 1.807) is 0 Å². The van der Waals surface area contributed by atoms with Gasteiger partial charge in [-0.3, -0.25) is 9.59 Å². The van der Waals surface area contributed by atoms with Crippen LogP contribution in [0.15, 0.2) is 0 Å². The lowest BCUT2D eigenvalue weighted by molar-refractivity contribution is -0.139. The molecular weight excluding hydrogens is 179 g/mol. The van der Waals surface area contributed by atoms with Gasteiger partial charge in [-0.2, -0.15) is 0 Å². The van der Waals surface area contributed by atoms with Crippen molar-refractivity contribution in [2.75, 3.05) is 13.2 Å². The summed E-state index contributed by atoms with van der Waals surface area (Å²) in [6.45, 7) is -0.885. The highest BCUT2D eigenvalue weighted by Gasteiger charge is 2.38. The SMILES string of the molecule is NC(=O)[C@@H]1C[C@@H](F)CN1C(=O)CO. The summed E-state index contributed by atoms with van der Waals surface area (Å²) in [5.74, 6) is -1.40. The maximum Gasteiger partial charge on any atom is 0.249 e. The van der Waals surface area contributed by atoms with Gasteiger partial charge in [0.25, 0.3) is 0 Å². The Kier molecular flexibility index (Phi) is 2.82. The van der Waals surface area contributed by atoms with Crippen molar-refractivity contribution in [1.29, 1.82) is 0 Å². The number of carbonyl (C=O) groups is 2. The second-order valence-corrected chi connectivity index (χ2v) is 2.96. The lowest BCUT2D eigenvalue weighted by Gasteiger charge is -2.20. The normalized spacial score (nSPS) is 27.7. The van der Waals surface area contributed by atoms with Gasteiger partial charge < -0.3 is 15.7 Å². The first-order valence-corrected chi connectivity index (χ1v) is 3.90. The van der Waals surface area contributed by atoms with Crippen molar-refractivity contribution in [2.45, 2.75) is 18.6 Å². The van der Waals surface area contributed by atoms with Crippen LogP contribution in [0, 0.1) is 0 Å². The molecule has 1 aliphatic rings. The number of halogens is 1. The summed E-state index contributed by atoms with van der Waals surface area (Å²) in [5, 5.41) is 8.52. The molecule has 0 saturated carbocycles. The predicted octanol–water partition coefficient (Wildman–Crippen LogP) is -1.60. The van der Waals surface area contributed by atoms with E-state index in [0.29, 0.717) is 0 Å². The van der Waals surface area contributed by atoms with E-state index >= 15 is 0 Å². The van der Waals surface area contributed by atoms with Gasteiger partial charge in [-0.25, -0.2) is 4.39 Å². The lowest BCUT2D eigenvalue weighted by atomic mass is 10.2. The highest BCUT2D eigenvalue weighted by atomic mass is 19.1. The second-order valence-electron chi connectivity index (χ2n) is 2.96. The van der Waals surface area contributed by atoms with Gasteiger partial charge in [-0.1, -0.05) is 0 Å². The zero-order valence-corrected chi connectivity index (χ0v) is 6.94. The van der Waals surface area contributed by atoms with E-state index in [1.807, 2.05) is 0 Å². The third-order valence-electron chi connectivity index (χ3n) is 2.03. The number of alkyl halides is 1. The number of amides is 2. The average molecular weight is 190 g/mol. The van der Waals surface area contributed by atoms with Crippen LogP contribution in [-0.4, -0.2) is 47.2 Å². The van der Waals surface area contributed by atoms with Gasteiger partial charge in [0.2, 0.25) is 11.8 Å². The topological polar surface area (TPSA) is 83.6 Å². The van der Waals surface area contributed by atoms with Crippen LogP contribution in [0.4, 0.5) is 4.39 Å². The van der Waals surface area contributed by atoms with Crippen molar-refractivity contribution < 1.29 is 19.1 Å². The van der Waals surface area contributed by atoms with Gasteiger partial charge in [0.05, 0.1) is 6.54 Å². The molecular formula is C7H11FN2O3. The Balaban J connectivity index is 2.71. The van der Waals surface area contributed by atoms with E-state index in [-0.39, 0.29) is 13.0 Å². The Morgan fingerprint density at radius 2 is 2.23 bits per heavy atom. The number of primary amides is 1. The van der Waals surface area contributed by atoms with Crippen molar-refractivity contribution in [1.82, 2.24) is 4.90 Å². The fraction of sp³-hybridized carbons (Fsp3) is 0.714.